The van der Waals surface area contributed by atoms with Crippen LogP contribution in [0.25, 0.3) is 11.0 Å². The number of carboxylic acids is 1. The van der Waals surface area contributed by atoms with Crippen LogP contribution in [0.1, 0.15) is 28.9 Å². The first-order valence-electron chi connectivity index (χ1n) is 9.39. The summed E-state index contributed by atoms with van der Waals surface area (Å²) in [7, 11) is 5.25. The van der Waals surface area contributed by atoms with Crippen LogP contribution in [0, 0.1) is 12.8 Å². The quantitative estimate of drug-likeness (QED) is 0.726. The third kappa shape index (κ3) is 3.93. The summed E-state index contributed by atoms with van der Waals surface area (Å²) < 4.78 is 1.19. The number of aromatic nitrogens is 3. The van der Waals surface area contributed by atoms with Crippen LogP contribution in [-0.4, -0.2) is 74.5 Å². The minimum atomic E-state index is -0.946. The predicted octanol–water partition coefficient (Wildman–Crippen LogP) is -0.203. The number of nitrogens with zero attached hydrogens (tertiary/aromatic N) is 4. The monoisotopic (exact) mass is 403 g/mol. The smallest absolute Gasteiger partial charge is 0.329 e. The van der Waals surface area contributed by atoms with E-state index in [-0.39, 0.29) is 29.2 Å². The van der Waals surface area contributed by atoms with Gasteiger partial charge < -0.3 is 14.9 Å². The number of carbonyl (C=O) groups excluding carboxylic acids is 1. The van der Waals surface area contributed by atoms with Crippen molar-refractivity contribution in [2.75, 3.05) is 27.2 Å². The lowest BCUT2D eigenvalue weighted by Gasteiger charge is -2.29. The highest BCUT2D eigenvalue weighted by atomic mass is 16.4. The summed E-state index contributed by atoms with van der Waals surface area (Å²) in [5.74, 6) is -2.07. The fourth-order valence-electron chi connectivity index (χ4n) is 3.76. The van der Waals surface area contributed by atoms with Crippen molar-refractivity contribution in [3.05, 3.63) is 38.2 Å². The number of pyridine rings is 1. The standard InChI is InChI=1S/C19H25N5O5/c1-10-7-13(14-15(20-10)23(4)19(29)21-16(14)25)17(26)24-8-11(18(27)28)5-6-12(9-24)22(2)3/h7,11-12H,5-6,8-9H2,1-4H3,(H,27,28)(H,21,25,29)/t11-,12+/m0/s1. The second-order valence-electron chi connectivity index (χ2n) is 7.77. The Morgan fingerprint density at radius 3 is 2.55 bits per heavy atom. The molecule has 10 nitrogen and oxygen atoms in total. The number of likely N-dealkylation sites (tertiary alicyclic amines) is 1. The van der Waals surface area contributed by atoms with E-state index < -0.39 is 29.0 Å². The Balaban J connectivity index is 2.14. The van der Waals surface area contributed by atoms with E-state index in [0.29, 0.717) is 25.1 Å². The van der Waals surface area contributed by atoms with Gasteiger partial charge in [-0.1, -0.05) is 0 Å². The van der Waals surface area contributed by atoms with Crippen LogP contribution in [0.3, 0.4) is 0 Å². The summed E-state index contributed by atoms with van der Waals surface area (Å²) in [6.07, 6.45) is 1.12. The van der Waals surface area contributed by atoms with Gasteiger partial charge in [-0.15, -0.1) is 0 Å². The molecule has 1 amide bonds. The number of nitrogens with one attached hydrogen (secondary N) is 1. The molecule has 2 N–H and O–H groups in total. The maximum absolute atomic E-state index is 13.5. The van der Waals surface area contributed by atoms with Crippen molar-refractivity contribution in [3.8, 4) is 0 Å². The van der Waals surface area contributed by atoms with Crippen LogP contribution in [0.15, 0.2) is 15.7 Å². The molecule has 1 aliphatic rings. The van der Waals surface area contributed by atoms with Gasteiger partial charge in [0, 0.05) is 31.9 Å². The van der Waals surface area contributed by atoms with E-state index in [1.165, 1.54) is 22.6 Å². The minimum absolute atomic E-state index is 0.000128. The molecule has 0 saturated carbocycles. The molecule has 0 unspecified atom stereocenters. The molecule has 3 rings (SSSR count). The molecule has 0 spiro atoms. The molecule has 2 aromatic rings. The summed E-state index contributed by atoms with van der Waals surface area (Å²) in [6.45, 7) is 2.08. The van der Waals surface area contributed by atoms with Crippen molar-refractivity contribution in [2.45, 2.75) is 25.8 Å². The number of carbonyl (C=O) groups is 2. The molecule has 10 heteroatoms. The zero-order chi connectivity index (χ0) is 21.5. The molecule has 1 saturated heterocycles. The molecule has 0 aromatic carbocycles. The number of carboxylic acid groups (broad SMARTS) is 1. The van der Waals surface area contributed by atoms with E-state index >= 15 is 0 Å². The van der Waals surface area contributed by atoms with E-state index in [9.17, 15) is 24.3 Å². The van der Waals surface area contributed by atoms with E-state index in [1.54, 1.807) is 6.92 Å². The molecule has 29 heavy (non-hydrogen) atoms. The van der Waals surface area contributed by atoms with Gasteiger partial charge in [-0.2, -0.15) is 0 Å². The number of aliphatic carboxylic acids is 1. The van der Waals surface area contributed by atoms with Crippen molar-refractivity contribution in [2.24, 2.45) is 13.0 Å². The number of aromatic amines is 1. The highest BCUT2D eigenvalue weighted by Gasteiger charge is 2.33. The molecule has 3 heterocycles. The topological polar surface area (TPSA) is 129 Å². The van der Waals surface area contributed by atoms with Crippen LogP contribution < -0.4 is 11.2 Å². The molecule has 1 aliphatic heterocycles. The number of amides is 1. The number of hydrogen-bond acceptors (Lipinski definition) is 6. The van der Waals surface area contributed by atoms with Gasteiger partial charge in [0.1, 0.15) is 5.65 Å². The number of rotatable bonds is 3. The van der Waals surface area contributed by atoms with Gasteiger partial charge in [-0.05, 0) is 39.9 Å². The highest BCUT2D eigenvalue weighted by molar-refractivity contribution is 6.05. The summed E-state index contributed by atoms with van der Waals surface area (Å²) in [4.78, 5) is 59.4. The first-order chi connectivity index (χ1) is 13.6. The first kappa shape index (κ1) is 20.7. The van der Waals surface area contributed by atoms with Gasteiger partial charge in [0.2, 0.25) is 0 Å². The summed E-state index contributed by atoms with van der Waals surface area (Å²) in [5, 5.41) is 9.56. The summed E-state index contributed by atoms with van der Waals surface area (Å²) in [5.41, 5.74) is -0.584. The van der Waals surface area contributed by atoms with Crippen LogP contribution in [0.4, 0.5) is 0 Å². The SMILES string of the molecule is Cc1cc(C(=O)N2C[C@@H](C(=O)O)CC[C@@H](N(C)C)C2)c2c(=O)[nH]c(=O)n(C)c2n1. The van der Waals surface area contributed by atoms with Crippen LogP contribution in [0.5, 0.6) is 0 Å². The molecule has 2 atom stereocenters. The zero-order valence-corrected chi connectivity index (χ0v) is 16.9. The molecule has 1 fully saturated rings. The number of aryl methyl sites for hydroxylation is 2. The second kappa shape index (κ2) is 7.78. The van der Waals surface area contributed by atoms with Crippen LogP contribution >= 0.6 is 0 Å². The molecule has 0 bridgehead atoms. The van der Waals surface area contributed by atoms with E-state index in [4.69, 9.17) is 0 Å². The average molecular weight is 403 g/mol. The Morgan fingerprint density at radius 1 is 1.24 bits per heavy atom. The van der Waals surface area contributed by atoms with E-state index in [1.807, 2.05) is 19.0 Å². The Hall–Kier alpha value is -3.01. The van der Waals surface area contributed by atoms with Gasteiger partial charge in [-0.25, -0.2) is 9.78 Å². The van der Waals surface area contributed by atoms with Crippen LogP contribution in [0.2, 0.25) is 0 Å². The molecule has 156 valence electrons. The van der Waals surface area contributed by atoms with Crippen molar-refractivity contribution in [1.29, 1.82) is 0 Å². The van der Waals surface area contributed by atoms with Gasteiger partial charge in [0.05, 0.1) is 16.9 Å². The van der Waals surface area contributed by atoms with Crippen molar-refractivity contribution in [1.82, 2.24) is 24.3 Å². The predicted molar refractivity (Wildman–Crippen MR) is 106 cm³/mol. The van der Waals surface area contributed by atoms with Crippen molar-refractivity contribution < 1.29 is 14.7 Å². The number of H-pyrrole nitrogens is 1. The third-order valence-electron chi connectivity index (χ3n) is 5.52. The fourth-order valence-corrected chi connectivity index (χ4v) is 3.76. The average Bonchev–Trinajstić information content (AvgIpc) is 2.88. The lowest BCUT2D eigenvalue weighted by Crippen LogP contribution is -2.43. The summed E-state index contributed by atoms with van der Waals surface area (Å²) in [6, 6.07) is 1.51. The zero-order valence-electron chi connectivity index (χ0n) is 16.9. The number of likely N-dealkylation sites (N-methyl/N-ethyl adjacent to an activating group) is 1. The maximum atomic E-state index is 13.5. The molecular weight excluding hydrogens is 378 g/mol. The second-order valence-corrected chi connectivity index (χ2v) is 7.77. The van der Waals surface area contributed by atoms with E-state index in [0.717, 1.165) is 0 Å². The normalized spacial score (nSPS) is 20.1. The van der Waals surface area contributed by atoms with Gasteiger partial charge >= 0.3 is 11.7 Å². The van der Waals surface area contributed by atoms with Crippen molar-refractivity contribution in [3.63, 3.8) is 0 Å². The minimum Gasteiger partial charge on any atom is -0.481 e. The van der Waals surface area contributed by atoms with Crippen molar-refractivity contribution >= 4 is 22.9 Å². The largest absolute Gasteiger partial charge is 0.481 e. The van der Waals surface area contributed by atoms with Crippen LogP contribution in [-0.2, 0) is 11.8 Å². The van der Waals surface area contributed by atoms with Gasteiger partial charge in [0.15, 0.2) is 0 Å². The highest BCUT2D eigenvalue weighted by Crippen LogP contribution is 2.23. The van der Waals surface area contributed by atoms with Gasteiger partial charge in [0.25, 0.3) is 11.5 Å². The first-order valence-corrected chi connectivity index (χ1v) is 9.39. The molecule has 2 aromatic heterocycles. The Morgan fingerprint density at radius 2 is 1.93 bits per heavy atom. The Bertz CT molecular complexity index is 1090. The maximum Gasteiger partial charge on any atom is 0.329 e. The Labute approximate surface area is 166 Å². The van der Waals surface area contributed by atoms with E-state index in [2.05, 4.69) is 9.97 Å². The molecular formula is C19H25N5O5. The number of fused-ring (bicyclic) bond motifs is 1. The fraction of sp³-hybridized carbons (Fsp3) is 0.526. The molecule has 0 aliphatic carbocycles. The molecule has 0 radical (unpaired) electrons. The lowest BCUT2D eigenvalue weighted by atomic mass is 10.0. The third-order valence-corrected chi connectivity index (χ3v) is 5.52. The summed E-state index contributed by atoms with van der Waals surface area (Å²) >= 11 is 0. The lowest BCUT2D eigenvalue weighted by molar-refractivity contribution is -0.142. The Kier molecular flexibility index (Phi) is 5.56. The number of hydrogen-bond donors (Lipinski definition) is 2. The van der Waals surface area contributed by atoms with Gasteiger partial charge in [-0.3, -0.25) is 23.9 Å².